The number of carboxylic acids is 1. The molecule has 0 aliphatic heterocycles. The van der Waals surface area contributed by atoms with Gasteiger partial charge in [0.15, 0.2) is 0 Å². The number of nitrogens with zero attached hydrogens (tertiary/aromatic N) is 2. The van der Waals surface area contributed by atoms with Crippen LogP contribution in [0.2, 0.25) is 0 Å². The minimum Gasteiger partial charge on any atom is -0.478 e. The lowest BCUT2D eigenvalue weighted by Crippen LogP contribution is -2.13. The van der Waals surface area contributed by atoms with Crippen molar-refractivity contribution in [1.82, 2.24) is 10.1 Å². The predicted molar refractivity (Wildman–Crippen MR) is 69.4 cm³/mol. The molecule has 100 valence electrons. The molecule has 3 rings (SSSR count). The summed E-state index contributed by atoms with van der Waals surface area (Å²) in [7, 11) is 0. The number of hydrogen-bond donors (Lipinski definition) is 1. The van der Waals surface area contributed by atoms with E-state index in [-0.39, 0.29) is 11.0 Å². The number of fused-ring (bicyclic) bond motifs is 1. The highest BCUT2D eigenvalue weighted by Gasteiger charge is 2.31. The molecular formula is C14H16N2O3. The highest BCUT2D eigenvalue weighted by atomic mass is 16.5. The summed E-state index contributed by atoms with van der Waals surface area (Å²) < 4.78 is 5.26. The van der Waals surface area contributed by atoms with E-state index in [0.29, 0.717) is 22.7 Å². The zero-order valence-electron chi connectivity index (χ0n) is 11.2. The molecule has 1 aliphatic rings. The highest BCUT2D eigenvalue weighted by molar-refractivity contribution is 6.02. The minimum atomic E-state index is -0.956. The van der Waals surface area contributed by atoms with Gasteiger partial charge in [-0.15, -0.1) is 0 Å². The van der Waals surface area contributed by atoms with Crippen LogP contribution in [-0.2, 0) is 5.41 Å². The van der Waals surface area contributed by atoms with Crippen molar-refractivity contribution in [1.29, 1.82) is 0 Å². The number of rotatable bonds is 2. The van der Waals surface area contributed by atoms with E-state index < -0.39 is 5.97 Å². The van der Waals surface area contributed by atoms with Crippen LogP contribution in [0.25, 0.3) is 11.1 Å². The van der Waals surface area contributed by atoms with Crippen LogP contribution in [0.5, 0.6) is 0 Å². The lowest BCUT2D eigenvalue weighted by molar-refractivity contribution is 0.0698. The Morgan fingerprint density at radius 3 is 2.63 bits per heavy atom. The summed E-state index contributed by atoms with van der Waals surface area (Å²) in [6, 6.07) is 1.68. The Balaban J connectivity index is 2.30. The molecule has 19 heavy (non-hydrogen) atoms. The van der Waals surface area contributed by atoms with E-state index in [2.05, 4.69) is 10.1 Å². The summed E-state index contributed by atoms with van der Waals surface area (Å²) in [6.07, 6.45) is 2.13. The fourth-order valence-electron chi connectivity index (χ4n) is 2.24. The van der Waals surface area contributed by atoms with Gasteiger partial charge in [-0.1, -0.05) is 25.9 Å². The molecular weight excluding hydrogens is 244 g/mol. The first-order valence-electron chi connectivity index (χ1n) is 6.42. The third-order valence-corrected chi connectivity index (χ3v) is 3.40. The van der Waals surface area contributed by atoms with Gasteiger partial charge >= 0.3 is 5.97 Å². The quantitative estimate of drug-likeness (QED) is 0.897. The van der Waals surface area contributed by atoms with Gasteiger partial charge in [-0.2, -0.15) is 0 Å². The van der Waals surface area contributed by atoms with Crippen LogP contribution in [0.1, 0.15) is 61.3 Å². The summed E-state index contributed by atoms with van der Waals surface area (Å²) in [4.78, 5) is 15.9. The molecule has 0 atom stereocenters. The maximum atomic E-state index is 11.5. The van der Waals surface area contributed by atoms with Gasteiger partial charge in [0.1, 0.15) is 0 Å². The molecule has 2 aromatic heterocycles. The number of aromatic nitrogens is 2. The van der Waals surface area contributed by atoms with E-state index in [1.165, 1.54) is 0 Å². The molecule has 1 N–H and O–H groups in total. The van der Waals surface area contributed by atoms with Crippen molar-refractivity contribution in [2.45, 2.75) is 44.9 Å². The Bertz CT molecular complexity index is 663. The molecule has 5 heteroatoms. The average Bonchev–Trinajstić information content (AvgIpc) is 3.05. The van der Waals surface area contributed by atoms with E-state index in [0.717, 1.165) is 18.5 Å². The third kappa shape index (κ3) is 1.99. The predicted octanol–water partition coefficient (Wildman–Crippen LogP) is 3.10. The largest absolute Gasteiger partial charge is 0.478 e. The van der Waals surface area contributed by atoms with Crippen LogP contribution in [0, 0.1) is 0 Å². The number of hydrogen-bond acceptors (Lipinski definition) is 4. The number of pyridine rings is 1. The Hall–Kier alpha value is -1.91. The second-order valence-electron chi connectivity index (χ2n) is 6.14. The third-order valence-electron chi connectivity index (χ3n) is 3.40. The monoisotopic (exact) mass is 260 g/mol. The molecule has 0 unspecified atom stereocenters. The van der Waals surface area contributed by atoms with Crippen LogP contribution in [-0.4, -0.2) is 21.2 Å². The van der Waals surface area contributed by atoms with Crippen LogP contribution < -0.4 is 0 Å². The first kappa shape index (κ1) is 12.1. The summed E-state index contributed by atoms with van der Waals surface area (Å²) in [5.41, 5.74) is 1.76. The van der Waals surface area contributed by atoms with Crippen molar-refractivity contribution in [2.24, 2.45) is 0 Å². The highest BCUT2D eigenvalue weighted by Crippen LogP contribution is 2.41. The fourth-order valence-corrected chi connectivity index (χ4v) is 2.24. The molecule has 1 fully saturated rings. The molecule has 0 bridgehead atoms. The topological polar surface area (TPSA) is 76.2 Å². The lowest BCUT2D eigenvalue weighted by Gasteiger charge is -2.15. The average molecular weight is 260 g/mol. The van der Waals surface area contributed by atoms with E-state index in [1.54, 1.807) is 6.07 Å². The molecule has 0 aromatic carbocycles. The number of carboxylic acid groups (broad SMARTS) is 1. The Labute approximate surface area is 110 Å². The van der Waals surface area contributed by atoms with E-state index in [1.807, 2.05) is 20.8 Å². The maximum Gasteiger partial charge on any atom is 0.336 e. The fraction of sp³-hybridized carbons (Fsp3) is 0.500. The second kappa shape index (κ2) is 3.79. The molecule has 1 saturated carbocycles. The van der Waals surface area contributed by atoms with Crippen molar-refractivity contribution >= 4 is 17.1 Å². The first-order chi connectivity index (χ1) is 8.88. The van der Waals surface area contributed by atoms with Gasteiger partial charge in [0.25, 0.3) is 5.71 Å². The molecule has 0 saturated heterocycles. The molecule has 2 heterocycles. The minimum absolute atomic E-state index is 0.248. The van der Waals surface area contributed by atoms with E-state index >= 15 is 0 Å². The van der Waals surface area contributed by atoms with Gasteiger partial charge in [0.05, 0.1) is 16.6 Å². The summed E-state index contributed by atoms with van der Waals surface area (Å²) in [5.74, 6) is -0.575. The SMILES string of the molecule is CC(C)(C)c1noc2nc(C3CC3)cc(C(=O)O)c12. The summed E-state index contributed by atoms with van der Waals surface area (Å²) >= 11 is 0. The zero-order chi connectivity index (χ0) is 13.8. The van der Waals surface area contributed by atoms with Crippen LogP contribution in [0.4, 0.5) is 0 Å². The lowest BCUT2D eigenvalue weighted by atomic mass is 9.89. The summed E-state index contributed by atoms with van der Waals surface area (Å²) in [5, 5.41) is 14.0. The van der Waals surface area contributed by atoms with Crippen LogP contribution in [0.15, 0.2) is 10.6 Å². The molecule has 5 nitrogen and oxygen atoms in total. The standard InChI is InChI=1S/C14H16N2O3/c1-14(2,3)11-10-8(13(17)18)6-9(7-4-5-7)15-12(10)19-16-11/h6-7H,4-5H2,1-3H3,(H,17,18). The van der Waals surface area contributed by atoms with Crippen LogP contribution >= 0.6 is 0 Å². The Kier molecular flexibility index (Phi) is 2.42. The van der Waals surface area contributed by atoms with Crippen LogP contribution in [0.3, 0.4) is 0 Å². The van der Waals surface area contributed by atoms with Gasteiger partial charge in [0, 0.05) is 17.0 Å². The van der Waals surface area contributed by atoms with Gasteiger partial charge in [-0.25, -0.2) is 9.78 Å². The van der Waals surface area contributed by atoms with Crippen molar-refractivity contribution in [3.05, 3.63) is 23.0 Å². The number of carbonyl (C=O) groups is 1. The molecule has 1 aliphatic carbocycles. The van der Waals surface area contributed by atoms with Crippen molar-refractivity contribution in [3.63, 3.8) is 0 Å². The number of aromatic carboxylic acids is 1. The zero-order valence-corrected chi connectivity index (χ0v) is 11.2. The van der Waals surface area contributed by atoms with Gasteiger partial charge < -0.3 is 9.63 Å². The van der Waals surface area contributed by atoms with Crippen molar-refractivity contribution in [3.8, 4) is 0 Å². The van der Waals surface area contributed by atoms with Gasteiger partial charge in [-0.05, 0) is 18.9 Å². The van der Waals surface area contributed by atoms with E-state index in [4.69, 9.17) is 4.52 Å². The Morgan fingerprint density at radius 1 is 1.42 bits per heavy atom. The normalized spacial score (nSPS) is 15.9. The molecule has 0 amide bonds. The smallest absolute Gasteiger partial charge is 0.336 e. The molecule has 2 aromatic rings. The molecule has 0 spiro atoms. The van der Waals surface area contributed by atoms with Crippen molar-refractivity contribution in [2.75, 3.05) is 0 Å². The second-order valence-corrected chi connectivity index (χ2v) is 6.14. The summed E-state index contributed by atoms with van der Waals surface area (Å²) in [6.45, 7) is 5.93. The van der Waals surface area contributed by atoms with E-state index in [9.17, 15) is 9.90 Å². The first-order valence-corrected chi connectivity index (χ1v) is 6.42. The molecule has 0 radical (unpaired) electrons. The van der Waals surface area contributed by atoms with Crippen molar-refractivity contribution < 1.29 is 14.4 Å². The van der Waals surface area contributed by atoms with Gasteiger partial charge in [0.2, 0.25) is 0 Å². The Morgan fingerprint density at radius 2 is 2.11 bits per heavy atom. The maximum absolute atomic E-state index is 11.5. The van der Waals surface area contributed by atoms with Gasteiger partial charge in [-0.3, -0.25) is 0 Å².